The fourth-order valence-electron chi connectivity index (χ4n) is 8.32. The molecule has 30 heavy (non-hydrogen) atoms. The van der Waals surface area contributed by atoms with Crippen LogP contribution in [0.4, 0.5) is 0 Å². The van der Waals surface area contributed by atoms with Crippen molar-refractivity contribution in [2.24, 2.45) is 46.3 Å². The Morgan fingerprint density at radius 3 is 2.47 bits per heavy atom. The molecule has 0 bridgehead atoms. The molecule has 3 aliphatic carbocycles. The summed E-state index contributed by atoms with van der Waals surface area (Å²) in [6.45, 7) is 12.0. The number of rotatable bonds is 5. The SMILES string of the molecule is CC(C)CCCC(C)C1CCC2C3C(=O)C=C4N(C)C(=O)CC[C@]4(C)C3CC[C@]12C. The topological polar surface area (TPSA) is 37.4 Å². The Morgan fingerprint density at radius 1 is 1.03 bits per heavy atom. The molecule has 0 aromatic heterocycles. The van der Waals surface area contributed by atoms with E-state index in [0.717, 1.165) is 36.3 Å². The molecule has 1 heterocycles. The first-order valence-corrected chi connectivity index (χ1v) is 12.6. The van der Waals surface area contributed by atoms with Crippen LogP contribution < -0.4 is 0 Å². The van der Waals surface area contributed by atoms with Crippen LogP contribution in [0, 0.1) is 46.3 Å². The maximum Gasteiger partial charge on any atom is 0.226 e. The molecule has 2 saturated carbocycles. The van der Waals surface area contributed by atoms with Gasteiger partial charge in [0.1, 0.15) is 0 Å². The minimum absolute atomic E-state index is 0.0104. The van der Waals surface area contributed by atoms with Crippen LogP contribution in [0.1, 0.15) is 92.4 Å². The predicted octanol–water partition coefficient (Wildman–Crippen LogP) is 6.23. The van der Waals surface area contributed by atoms with Gasteiger partial charge in [0.05, 0.1) is 0 Å². The highest BCUT2D eigenvalue weighted by atomic mass is 16.2. The number of likely N-dealkylation sites (tertiary alicyclic amines) is 1. The normalized spacial score (nSPS) is 42.0. The van der Waals surface area contributed by atoms with Crippen molar-refractivity contribution in [3.05, 3.63) is 11.8 Å². The van der Waals surface area contributed by atoms with Crippen LogP contribution in [0.15, 0.2) is 11.8 Å². The molecule has 1 saturated heterocycles. The van der Waals surface area contributed by atoms with Crippen molar-refractivity contribution in [2.45, 2.75) is 92.4 Å². The van der Waals surface area contributed by atoms with Crippen LogP contribution >= 0.6 is 0 Å². The molecule has 0 aromatic carbocycles. The number of nitrogens with zero attached hydrogens (tertiary/aromatic N) is 1. The van der Waals surface area contributed by atoms with Crippen LogP contribution in [-0.2, 0) is 9.59 Å². The van der Waals surface area contributed by atoms with Crippen LogP contribution in [0.5, 0.6) is 0 Å². The number of ketones is 1. The summed E-state index contributed by atoms with van der Waals surface area (Å²) in [6, 6.07) is 0. The van der Waals surface area contributed by atoms with Gasteiger partial charge in [-0.15, -0.1) is 0 Å². The molecule has 168 valence electrons. The lowest BCUT2D eigenvalue weighted by Crippen LogP contribution is -2.56. The summed E-state index contributed by atoms with van der Waals surface area (Å²) in [6.07, 6.45) is 12.3. The summed E-state index contributed by atoms with van der Waals surface area (Å²) in [5.74, 6) is 3.91. The second-order valence-electron chi connectivity index (χ2n) is 12.1. The summed E-state index contributed by atoms with van der Waals surface area (Å²) in [7, 11) is 1.87. The second-order valence-corrected chi connectivity index (χ2v) is 12.1. The standard InChI is InChI=1S/C27H43NO2/c1-17(2)8-7-9-18(3)19-10-11-20-25-21(12-14-26(19,20)4)27(5)15-13-24(30)28(6)23(27)16-22(25)29/h16-21,25H,7-15H2,1-6H3/t18?,19?,20?,21?,25?,26-,27-/m1/s1. The molecule has 0 N–H and O–H groups in total. The third kappa shape index (κ3) is 3.30. The first kappa shape index (κ1) is 22.1. The Morgan fingerprint density at radius 2 is 1.77 bits per heavy atom. The van der Waals surface area contributed by atoms with Crippen molar-refractivity contribution in [1.29, 1.82) is 0 Å². The van der Waals surface area contributed by atoms with Gasteiger partial charge in [-0.05, 0) is 67.1 Å². The molecule has 3 nitrogen and oxygen atoms in total. The molecule has 1 aliphatic heterocycles. The zero-order valence-corrected chi connectivity index (χ0v) is 20.2. The van der Waals surface area contributed by atoms with Gasteiger partial charge in [0.15, 0.2) is 5.78 Å². The van der Waals surface area contributed by atoms with Crippen molar-refractivity contribution in [2.75, 3.05) is 7.05 Å². The fraction of sp³-hybridized carbons (Fsp3) is 0.852. The average molecular weight is 414 g/mol. The van der Waals surface area contributed by atoms with Gasteiger partial charge in [-0.25, -0.2) is 0 Å². The van der Waals surface area contributed by atoms with Gasteiger partial charge in [0.25, 0.3) is 0 Å². The summed E-state index contributed by atoms with van der Waals surface area (Å²) in [4.78, 5) is 27.6. The molecule has 0 aromatic rings. The van der Waals surface area contributed by atoms with Crippen molar-refractivity contribution in [3.63, 3.8) is 0 Å². The predicted molar refractivity (Wildman–Crippen MR) is 122 cm³/mol. The molecule has 0 radical (unpaired) electrons. The van der Waals surface area contributed by atoms with E-state index in [0.29, 0.717) is 29.5 Å². The van der Waals surface area contributed by atoms with Gasteiger partial charge >= 0.3 is 0 Å². The number of allylic oxidation sites excluding steroid dienone is 2. The van der Waals surface area contributed by atoms with E-state index in [9.17, 15) is 9.59 Å². The molecule has 4 aliphatic rings. The molecular weight excluding hydrogens is 370 g/mol. The van der Waals surface area contributed by atoms with Crippen LogP contribution in [-0.4, -0.2) is 23.6 Å². The third-order valence-corrected chi connectivity index (χ3v) is 10.1. The highest BCUT2D eigenvalue weighted by Crippen LogP contribution is 2.66. The van der Waals surface area contributed by atoms with Crippen molar-refractivity contribution < 1.29 is 9.59 Å². The van der Waals surface area contributed by atoms with Gasteiger partial charge in [-0.3, -0.25) is 9.59 Å². The van der Waals surface area contributed by atoms with E-state index in [2.05, 4.69) is 34.6 Å². The van der Waals surface area contributed by atoms with Crippen LogP contribution in [0.25, 0.3) is 0 Å². The van der Waals surface area contributed by atoms with E-state index in [1.165, 1.54) is 38.5 Å². The first-order valence-electron chi connectivity index (χ1n) is 12.6. The molecule has 1 amide bonds. The van der Waals surface area contributed by atoms with E-state index in [1.807, 2.05) is 13.1 Å². The summed E-state index contributed by atoms with van der Waals surface area (Å²) in [5, 5.41) is 0. The number of hydrogen-bond acceptors (Lipinski definition) is 2. The number of fused-ring (bicyclic) bond motifs is 5. The summed E-state index contributed by atoms with van der Waals surface area (Å²) in [5.41, 5.74) is 1.31. The van der Waals surface area contributed by atoms with E-state index in [1.54, 1.807) is 4.90 Å². The highest BCUT2D eigenvalue weighted by Gasteiger charge is 2.62. The Labute approximate surface area is 184 Å². The number of carbonyl (C=O) groups excluding carboxylic acids is 2. The quantitative estimate of drug-likeness (QED) is 0.535. The lowest BCUT2D eigenvalue weighted by atomic mass is 9.48. The Bertz CT molecular complexity index is 739. The van der Waals surface area contributed by atoms with Crippen molar-refractivity contribution in [1.82, 2.24) is 4.90 Å². The van der Waals surface area contributed by atoms with Gasteiger partial charge in [-0.2, -0.15) is 0 Å². The smallest absolute Gasteiger partial charge is 0.226 e. The first-order chi connectivity index (χ1) is 14.1. The fourth-order valence-corrected chi connectivity index (χ4v) is 8.32. The Hall–Kier alpha value is -1.12. The average Bonchev–Trinajstić information content (AvgIpc) is 3.03. The van der Waals surface area contributed by atoms with E-state index in [4.69, 9.17) is 0 Å². The third-order valence-electron chi connectivity index (χ3n) is 10.1. The lowest BCUT2D eigenvalue weighted by molar-refractivity contribution is -0.142. The number of hydrogen-bond donors (Lipinski definition) is 0. The maximum absolute atomic E-state index is 13.5. The minimum atomic E-state index is -0.0104. The molecule has 3 fully saturated rings. The monoisotopic (exact) mass is 413 g/mol. The maximum atomic E-state index is 13.5. The number of carbonyl (C=O) groups is 2. The Kier molecular flexibility index (Phi) is 5.73. The zero-order valence-electron chi connectivity index (χ0n) is 20.2. The minimum Gasteiger partial charge on any atom is -0.319 e. The number of amides is 1. The second kappa shape index (κ2) is 7.78. The summed E-state index contributed by atoms with van der Waals surface area (Å²) < 4.78 is 0. The van der Waals surface area contributed by atoms with E-state index >= 15 is 0 Å². The largest absolute Gasteiger partial charge is 0.319 e. The number of piperidine rings is 1. The Balaban J connectivity index is 1.57. The molecule has 5 unspecified atom stereocenters. The van der Waals surface area contributed by atoms with Crippen molar-refractivity contribution >= 4 is 11.7 Å². The molecule has 3 heteroatoms. The molecule has 0 spiro atoms. The van der Waals surface area contributed by atoms with Crippen molar-refractivity contribution in [3.8, 4) is 0 Å². The van der Waals surface area contributed by atoms with Gasteiger partial charge < -0.3 is 4.90 Å². The van der Waals surface area contributed by atoms with Gasteiger partial charge in [-0.1, -0.05) is 53.9 Å². The molecule has 4 rings (SSSR count). The molecule has 7 atom stereocenters. The van der Waals surface area contributed by atoms with E-state index < -0.39 is 0 Å². The summed E-state index contributed by atoms with van der Waals surface area (Å²) >= 11 is 0. The van der Waals surface area contributed by atoms with Gasteiger partial charge in [0, 0.05) is 36.6 Å². The van der Waals surface area contributed by atoms with Gasteiger partial charge in [0.2, 0.25) is 5.91 Å². The lowest BCUT2D eigenvalue weighted by Gasteiger charge is -2.58. The molecular formula is C27H43NO2. The highest BCUT2D eigenvalue weighted by molar-refractivity contribution is 5.96. The zero-order chi connectivity index (χ0) is 21.8. The van der Waals surface area contributed by atoms with Crippen LogP contribution in [0.2, 0.25) is 0 Å². The van der Waals surface area contributed by atoms with E-state index in [-0.39, 0.29) is 17.2 Å². The van der Waals surface area contributed by atoms with Crippen LogP contribution in [0.3, 0.4) is 0 Å².